The van der Waals surface area contributed by atoms with Gasteiger partial charge in [0.25, 0.3) is 5.91 Å². The Kier molecular flexibility index (Phi) is 4.46. The summed E-state index contributed by atoms with van der Waals surface area (Å²) in [6.07, 6.45) is 0. The third-order valence-corrected chi connectivity index (χ3v) is 5.03. The molecule has 4 rings (SSSR count). The molecule has 5 nitrogen and oxygen atoms in total. The number of carbonyl (C=O) groups is 1. The lowest BCUT2D eigenvalue weighted by molar-refractivity contribution is -0.892. The second-order valence-corrected chi connectivity index (χ2v) is 6.90. The topological polar surface area (TPSA) is 43.2 Å². The van der Waals surface area contributed by atoms with Gasteiger partial charge in [-0.1, -0.05) is 24.3 Å². The van der Waals surface area contributed by atoms with Crippen LogP contribution in [0.15, 0.2) is 54.6 Å². The first-order valence-electron chi connectivity index (χ1n) is 8.98. The van der Waals surface area contributed by atoms with E-state index >= 15 is 0 Å². The maximum Gasteiger partial charge on any atom is 0.263 e. The van der Waals surface area contributed by atoms with Crippen molar-refractivity contribution in [3.63, 3.8) is 0 Å². The van der Waals surface area contributed by atoms with Crippen molar-refractivity contribution < 1.29 is 19.2 Å². The summed E-state index contributed by atoms with van der Waals surface area (Å²) < 4.78 is 10.7. The van der Waals surface area contributed by atoms with Gasteiger partial charge in [0.1, 0.15) is 6.54 Å². The van der Waals surface area contributed by atoms with E-state index in [1.165, 1.54) is 4.90 Å². The van der Waals surface area contributed by atoms with Gasteiger partial charge in [0.15, 0.2) is 18.2 Å². The van der Waals surface area contributed by atoms with Crippen LogP contribution in [0.3, 0.4) is 0 Å². The van der Waals surface area contributed by atoms with Crippen molar-refractivity contribution >= 4 is 22.4 Å². The van der Waals surface area contributed by atoms with Gasteiger partial charge in [-0.15, -0.1) is 0 Å². The molecule has 0 fully saturated rings. The molecule has 0 radical (unpaired) electrons. The number of carbonyl (C=O) groups excluding carboxylic acids is 1. The predicted octanol–water partition coefficient (Wildman–Crippen LogP) is 2.49. The Hall–Kier alpha value is -3.05. The highest BCUT2D eigenvalue weighted by molar-refractivity contribution is 6.24. The highest BCUT2D eigenvalue weighted by atomic mass is 16.5. The Labute approximate surface area is 158 Å². The largest absolute Gasteiger partial charge is 0.493 e. The standard InChI is InChI=1S/C22H22N2O3/c1-23(13-15-10-11-19(26-2)20(12-15)27-3)14-24-18-9-5-7-16-6-4-8-17(21(16)18)22(24)25/h4-12H,13-14H2,1-3H3/p+1. The fraction of sp³-hybridized carbons (Fsp3) is 0.227. The molecule has 0 saturated heterocycles. The number of hydrogen-bond acceptors (Lipinski definition) is 3. The Morgan fingerprint density at radius 3 is 2.44 bits per heavy atom. The number of rotatable bonds is 6. The number of ether oxygens (including phenoxy) is 2. The van der Waals surface area contributed by atoms with E-state index in [1.54, 1.807) is 14.2 Å². The first-order valence-corrected chi connectivity index (χ1v) is 8.98. The van der Waals surface area contributed by atoms with E-state index in [-0.39, 0.29) is 5.91 Å². The quantitative estimate of drug-likeness (QED) is 0.732. The highest BCUT2D eigenvalue weighted by Gasteiger charge is 2.31. The summed E-state index contributed by atoms with van der Waals surface area (Å²) in [5, 5.41) is 2.17. The summed E-state index contributed by atoms with van der Waals surface area (Å²) in [4.78, 5) is 16.0. The third kappa shape index (κ3) is 3.00. The van der Waals surface area contributed by atoms with E-state index < -0.39 is 0 Å². The van der Waals surface area contributed by atoms with Gasteiger partial charge in [-0.25, -0.2) is 0 Å². The Morgan fingerprint density at radius 2 is 1.70 bits per heavy atom. The van der Waals surface area contributed by atoms with Crippen LogP contribution in [-0.2, 0) is 6.54 Å². The smallest absolute Gasteiger partial charge is 0.263 e. The molecule has 3 aromatic carbocycles. The number of benzene rings is 3. The van der Waals surface area contributed by atoms with E-state index in [0.717, 1.165) is 45.6 Å². The summed E-state index contributed by atoms with van der Waals surface area (Å²) in [6.45, 7) is 1.37. The Balaban J connectivity index is 1.55. The number of nitrogens with zero attached hydrogens (tertiary/aromatic N) is 1. The highest BCUT2D eigenvalue weighted by Crippen LogP contribution is 2.36. The van der Waals surface area contributed by atoms with Crippen molar-refractivity contribution in [2.75, 3.05) is 32.8 Å². The summed E-state index contributed by atoms with van der Waals surface area (Å²) >= 11 is 0. The molecule has 0 aliphatic carbocycles. The predicted molar refractivity (Wildman–Crippen MR) is 106 cm³/mol. The van der Waals surface area contributed by atoms with Crippen LogP contribution in [0, 0.1) is 0 Å². The minimum absolute atomic E-state index is 0.0773. The van der Waals surface area contributed by atoms with Crippen LogP contribution in [0.25, 0.3) is 10.8 Å². The lowest BCUT2D eigenvalue weighted by Gasteiger charge is -2.23. The van der Waals surface area contributed by atoms with E-state index in [1.807, 2.05) is 47.4 Å². The Morgan fingerprint density at radius 1 is 0.963 bits per heavy atom. The van der Waals surface area contributed by atoms with Crippen molar-refractivity contribution in [1.29, 1.82) is 0 Å². The molecule has 1 aliphatic heterocycles. The zero-order valence-corrected chi connectivity index (χ0v) is 15.8. The molecule has 0 spiro atoms. The molecule has 1 aliphatic rings. The summed E-state index contributed by atoms with van der Waals surface area (Å²) in [5.41, 5.74) is 2.93. The van der Waals surface area contributed by atoms with Crippen LogP contribution in [0.5, 0.6) is 11.5 Å². The summed E-state index contributed by atoms with van der Waals surface area (Å²) in [7, 11) is 5.36. The zero-order chi connectivity index (χ0) is 19.0. The minimum Gasteiger partial charge on any atom is -0.493 e. The van der Waals surface area contributed by atoms with Crippen LogP contribution in [0.2, 0.25) is 0 Å². The normalized spacial score (nSPS) is 13.9. The van der Waals surface area contributed by atoms with Crippen LogP contribution < -0.4 is 19.3 Å². The van der Waals surface area contributed by atoms with Gasteiger partial charge in [0, 0.05) is 10.9 Å². The fourth-order valence-corrected chi connectivity index (χ4v) is 3.80. The molecule has 3 aromatic rings. The fourth-order valence-electron chi connectivity index (χ4n) is 3.80. The molecule has 0 aromatic heterocycles. The molecule has 138 valence electrons. The van der Waals surface area contributed by atoms with E-state index in [0.29, 0.717) is 6.67 Å². The van der Waals surface area contributed by atoms with Crippen LogP contribution in [0.4, 0.5) is 5.69 Å². The first kappa shape index (κ1) is 17.4. The molecule has 27 heavy (non-hydrogen) atoms. The number of anilines is 1. The number of amides is 1. The van der Waals surface area contributed by atoms with Gasteiger partial charge < -0.3 is 14.4 Å². The monoisotopic (exact) mass is 363 g/mol. The van der Waals surface area contributed by atoms with E-state index in [4.69, 9.17) is 9.47 Å². The van der Waals surface area contributed by atoms with Crippen LogP contribution in [-0.4, -0.2) is 33.8 Å². The average molecular weight is 363 g/mol. The van der Waals surface area contributed by atoms with Crippen molar-refractivity contribution in [2.45, 2.75) is 6.54 Å². The maximum atomic E-state index is 12.9. The van der Waals surface area contributed by atoms with Gasteiger partial charge in [0.2, 0.25) is 0 Å². The number of methoxy groups -OCH3 is 2. The Bertz CT molecular complexity index is 1010. The second-order valence-electron chi connectivity index (χ2n) is 6.90. The third-order valence-electron chi connectivity index (χ3n) is 5.03. The van der Waals surface area contributed by atoms with Gasteiger partial charge in [-0.2, -0.15) is 0 Å². The van der Waals surface area contributed by atoms with Crippen LogP contribution in [0.1, 0.15) is 15.9 Å². The molecule has 0 bridgehead atoms. The maximum absolute atomic E-state index is 12.9. The second kappa shape index (κ2) is 6.93. The van der Waals surface area contributed by atoms with Crippen molar-refractivity contribution in [3.05, 3.63) is 65.7 Å². The SMILES string of the molecule is COc1ccc(C[NH+](C)CN2C(=O)c3cccc4cccc2c34)cc1OC. The summed E-state index contributed by atoms with van der Waals surface area (Å²) in [5.74, 6) is 1.52. The minimum atomic E-state index is 0.0773. The van der Waals surface area contributed by atoms with Crippen LogP contribution >= 0.6 is 0 Å². The lowest BCUT2D eigenvalue weighted by atomic mass is 10.1. The van der Waals surface area contributed by atoms with Crippen molar-refractivity contribution in [3.8, 4) is 11.5 Å². The molecule has 1 heterocycles. The van der Waals surface area contributed by atoms with Crippen molar-refractivity contribution in [1.82, 2.24) is 0 Å². The molecule has 1 atom stereocenters. The van der Waals surface area contributed by atoms with E-state index in [9.17, 15) is 4.79 Å². The zero-order valence-electron chi connectivity index (χ0n) is 15.8. The van der Waals surface area contributed by atoms with Gasteiger partial charge in [-0.3, -0.25) is 9.69 Å². The molecule has 1 amide bonds. The van der Waals surface area contributed by atoms with Gasteiger partial charge >= 0.3 is 0 Å². The average Bonchev–Trinajstić information content (AvgIpc) is 2.96. The van der Waals surface area contributed by atoms with Crippen molar-refractivity contribution in [2.24, 2.45) is 0 Å². The molecule has 1 unspecified atom stereocenters. The number of hydrogen-bond donors (Lipinski definition) is 1. The number of quaternary nitrogens is 1. The molecule has 5 heteroatoms. The van der Waals surface area contributed by atoms with Gasteiger partial charge in [-0.05, 0) is 35.7 Å². The van der Waals surface area contributed by atoms with E-state index in [2.05, 4.69) is 19.2 Å². The molecular weight excluding hydrogens is 340 g/mol. The molecule has 1 N–H and O–H groups in total. The first-order chi connectivity index (χ1) is 13.1. The summed E-state index contributed by atoms with van der Waals surface area (Å²) in [6, 6.07) is 17.9. The number of nitrogens with one attached hydrogen (secondary N) is 1. The molecular formula is C22H23N2O3+. The van der Waals surface area contributed by atoms with Gasteiger partial charge in [0.05, 0.1) is 32.5 Å². The molecule has 0 saturated carbocycles. The lowest BCUT2D eigenvalue weighted by Crippen LogP contribution is -3.09.